The van der Waals surface area contributed by atoms with E-state index in [9.17, 15) is 19.7 Å². The van der Waals surface area contributed by atoms with Gasteiger partial charge in [-0.05, 0) is 24.8 Å². The maximum absolute atomic E-state index is 11.9. The molecule has 0 spiro atoms. The van der Waals surface area contributed by atoms with Crippen LogP contribution in [-0.2, 0) is 4.79 Å². The summed E-state index contributed by atoms with van der Waals surface area (Å²) in [5.74, 6) is -0.421. The minimum absolute atomic E-state index is 0.132. The molecular weight excluding hydrogens is 286 g/mol. The van der Waals surface area contributed by atoms with Crippen molar-refractivity contribution in [2.75, 3.05) is 0 Å². The van der Waals surface area contributed by atoms with Crippen molar-refractivity contribution in [1.82, 2.24) is 10.9 Å². The maximum atomic E-state index is 11.9. The number of benzene rings is 1. The molecule has 0 aromatic heterocycles. The van der Waals surface area contributed by atoms with Crippen molar-refractivity contribution < 1.29 is 14.5 Å². The van der Waals surface area contributed by atoms with Crippen molar-refractivity contribution in [3.05, 3.63) is 39.9 Å². The van der Waals surface area contributed by atoms with Crippen molar-refractivity contribution in [1.29, 1.82) is 0 Å². The summed E-state index contributed by atoms with van der Waals surface area (Å²) in [6.07, 6.45) is 6.02. The third-order valence-electron chi connectivity index (χ3n) is 3.83. The molecule has 2 rings (SSSR count). The van der Waals surface area contributed by atoms with Crippen LogP contribution in [0.2, 0.25) is 0 Å². The molecule has 7 heteroatoms. The molecule has 1 aliphatic rings. The van der Waals surface area contributed by atoms with Crippen LogP contribution in [0.3, 0.4) is 0 Å². The molecule has 118 valence electrons. The molecule has 2 N–H and O–H groups in total. The van der Waals surface area contributed by atoms with E-state index in [0.29, 0.717) is 12.3 Å². The highest BCUT2D eigenvalue weighted by molar-refractivity contribution is 5.95. The molecule has 0 heterocycles. The van der Waals surface area contributed by atoms with Gasteiger partial charge in [0.1, 0.15) is 0 Å². The first-order valence-electron chi connectivity index (χ1n) is 7.40. The van der Waals surface area contributed by atoms with Crippen LogP contribution in [0.15, 0.2) is 24.3 Å². The fourth-order valence-electron chi connectivity index (χ4n) is 2.66. The molecule has 1 saturated carbocycles. The number of hydrogen-bond acceptors (Lipinski definition) is 4. The lowest BCUT2D eigenvalue weighted by molar-refractivity contribution is -0.384. The van der Waals surface area contributed by atoms with E-state index in [-0.39, 0.29) is 17.2 Å². The van der Waals surface area contributed by atoms with Crippen molar-refractivity contribution in [2.45, 2.75) is 38.5 Å². The Morgan fingerprint density at radius 1 is 1.18 bits per heavy atom. The van der Waals surface area contributed by atoms with E-state index in [2.05, 4.69) is 10.9 Å². The van der Waals surface area contributed by atoms with Gasteiger partial charge in [-0.25, -0.2) is 0 Å². The average Bonchev–Trinajstić information content (AvgIpc) is 2.53. The highest BCUT2D eigenvalue weighted by Crippen LogP contribution is 2.25. The second-order valence-corrected chi connectivity index (χ2v) is 5.52. The van der Waals surface area contributed by atoms with Gasteiger partial charge in [0.2, 0.25) is 5.91 Å². The minimum Gasteiger partial charge on any atom is -0.273 e. The van der Waals surface area contributed by atoms with Crippen molar-refractivity contribution >= 4 is 17.5 Å². The number of nitrogens with zero attached hydrogens (tertiary/aromatic N) is 1. The van der Waals surface area contributed by atoms with Gasteiger partial charge in [0, 0.05) is 24.1 Å². The van der Waals surface area contributed by atoms with Crippen LogP contribution < -0.4 is 10.9 Å². The monoisotopic (exact) mass is 305 g/mol. The maximum Gasteiger partial charge on any atom is 0.270 e. The largest absolute Gasteiger partial charge is 0.273 e. The Bertz CT molecular complexity index is 568. The number of hydrazine groups is 1. The van der Waals surface area contributed by atoms with E-state index < -0.39 is 10.8 Å². The second kappa shape index (κ2) is 7.53. The number of hydrogen-bond donors (Lipinski definition) is 2. The van der Waals surface area contributed by atoms with Gasteiger partial charge in [-0.2, -0.15) is 0 Å². The zero-order valence-corrected chi connectivity index (χ0v) is 12.2. The molecule has 1 aromatic carbocycles. The molecule has 0 saturated heterocycles. The Morgan fingerprint density at radius 2 is 1.91 bits per heavy atom. The van der Waals surface area contributed by atoms with E-state index >= 15 is 0 Å². The lowest BCUT2D eigenvalue weighted by Gasteiger charge is -2.20. The summed E-state index contributed by atoms with van der Waals surface area (Å²) in [7, 11) is 0. The SMILES string of the molecule is O=C(CC1CCCCC1)NNC(=O)c1cccc([N+](=O)[O-])c1. The Balaban J connectivity index is 1.82. The Kier molecular flexibility index (Phi) is 5.46. The molecule has 2 amide bonds. The summed E-state index contributed by atoms with van der Waals surface area (Å²) < 4.78 is 0. The summed E-state index contributed by atoms with van der Waals surface area (Å²) in [6.45, 7) is 0. The third kappa shape index (κ3) is 4.54. The average molecular weight is 305 g/mol. The number of nitro groups is 1. The molecule has 0 unspecified atom stereocenters. The smallest absolute Gasteiger partial charge is 0.270 e. The van der Waals surface area contributed by atoms with Crippen LogP contribution in [-0.4, -0.2) is 16.7 Å². The summed E-state index contributed by atoms with van der Waals surface area (Å²) in [6, 6.07) is 5.35. The van der Waals surface area contributed by atoms with Crippen molar-refractivity contribution in [3.8, 4) is 0 Å². The molecule has 0 atom stereocenters. The Hall–Kier alpha value is -2.44. The number of rotatable bonds is 4. The van der Waals surface area contributed by atoms with Crippen LogP contribution in [0.4, 0.5) is 5.69 Å². The van der Waals surface area contributed by atoms with Crippen LogP contribution in [0, 0.1) is 16.0 Å². The highest BCUT2D eigenvalue weighted by Gasteiger charge is 2.18. The second-order valence-electron chi connectivity index (χ2n) is 5.52. The van der Waals surface area contributed by atoms with E-state index in [1.807, 2.05) is 0 Å². The predicted molar refractivity (Wildman–Crippen MR) is 79.9 cm³/mol. The first-order valence-corrected chi connectivity index (χ1v) is 7.40. The molecule has 0 radical (unpaired) electrons. The normalized spacial score (nSPS) is 15.1. The third-order valence-corrected chi connectivity index (χ3v) is 3.83. The molecular formula is C15H19N3O4. The first-order chi connectivity index (χ1) is 10.6. The van der Waals surface area contributed by atoms with Crippen molar-refractivity contribution in [3.63, 3.8) is 0 Å². The lowest BCUT2D eigenvalue weighted by Crippen LogP contribution is -2.42. The lowest BCUT2D eigenvalue weighted by atomic mass is 9.87. The summed E-state index contributed by atoms with van der Waals surface area (Å²) >= 11 is 0. The Labute approximate surface area is 128 Å². The summed E-state index contributed by atoms with van der Waals surface area (Å²) in [4.78, 5) is 33.8. The van der Waals surface area contributed by atoms with Gasteiger partial charge in [0.05, 0.1) is 4.92 Å². The van der Waals surface area contributed by atoms with E-state index in [1.165, 1.54) is 30.7 Å². The quantitative estimate of drug-likeness (QED) is 0.658. The van der Waals surface area contributed by atoms with Crippen LogP contribution in [0.25, 0.3) is 0 Å². The first kappa shape index (κ1) is 15.9. The van der Waals surface area contributed by atoms with Crippen LogP contribution in [0.5, 0.6) is 0 Å². The van der Waals surface area contributed by atoms with Gasteiger partial charge in [-0.1, -0.05) is 25.3 Å². The number of nitrogens with one attached hydrogen (secondary N) is 2. The fraction of sp³-hybridized carbons (Fsp3) is 0.467. The summed E-state index contributed by atoms with van der Waals surface area (Å²) in [5, 5.41) is 10.7. The van der Waals surface area contributed by atoms with Crippen molar-refractivity contribution in [2.24, 2.45) is 5.92 Å². The number of carbonyl (C=O) groups excluding carboxylic acids is 2. The van der Waals surface area contributed by atoms with E-state index in [1.54, 1.807) is 0 Å². The predicted octanol–water partition coefficient (Wildman–Crippen LogP) is 2.33. The number of carbonyl (C=O) groups is 2. The molecule has 7 nitrogen and oxygen atoms in total. The van der Waals surface area contributed by atoms with Gasteiger partial charge >= 0.3 is 0 Å². The summed E-state index contributed by atoms with van der Waals surface area (Å²) in [5.41, 5.74) is 4.63. The minimum atomic E-state index is -0.571. The van der Waals surface area contributed by atoms with Gasteiger partial charge in [-0.15, -0.1) is 0 Å². The zero-order chi connectivity index (χ0) is 15.9. The highest BCUT2D eigenvalue weighted by atomic mass is 16.6. The number of non-ortho nitro benzene ring substituents is 1. The standard InChI is InChI=1S/C15H19N3O4/c19-14(9-11-5-2-1-3-6-11)16-17-15(20)12-7-4-8-13(10-12)18(21)22/h4,7-8,10-11H,1-3,5-6,9H2,(H,16,19)(H,17,20). The molecule has 1 fully saturated rings. The van der Waals surface area contributed by atoms with Crippen LogP contribution in [0.1, 0.15) is 48.9 Å². The molecule has 1 aliphatic carbocycles. The topological polar surface area (TPSA) is 101 Å². The molecule has 1 aromatic rings. The van der Waals surface area contributed by atoms with E-state index in [0.717, 1.165) is 25.7 Å². The van der Waals surface area contributed by atoms with Gasteiger partial charge in [0.25, 0.3) is 11.6 Å². The number of amides is 2. The molecule has 22 heavy (non-hydrogen) atoms. The van der Waals surface area contributed by atoms with Gasteiger partial charge in [0.15, 0.2) is 0 Å². The fourth-order valence-corrected chi connectivity index (χ4v) is 2.66. The molecule has 0 bridgehead atoms. The molecule has 0 aliphatic heterocycles. The van der Waals surface area contributed by atoms with Gasteiger partial charge in [-0.3, -0.25) is 30.6 Å². The van der Waals surface area contributed by atoms with Gasteiger partial charge < -0.3 is 0 Å². The Morgan fingerprint density at radius 3 is 2.59 bits per heavy atom. The van der Waals surface area contributed by atoms with E-state index in [4.69, 9.17) is 0 Å². The zero-order valence-electron chi connectivity index (χ0n) is 12.2. The number of nitro benzene ring substituents is 1. The van der Waals surface area contributed by atoms with Crippen LogP contribution >= 0.6 is 0 Å².